The summed E-state index contributed by atoms with van der Waals surface area (Å²) in [5.74, 6) is -0.395. The SMILES string of the molecule is Cc1nc2c3cccnc3nn2c(C)c1CCC(=O)NCc1cccc(F)c1. The number of carbonyl (C=O) groups excluding carboxylic acids is 1. The molecule has 0 spiro atoms. The standard InChI is InChI=1S/C21H20FN5O/c1-13-17(8-9-19(28)24-12-15-5-3-6-16(22)11-15)14(2)27-21(25-13)18-7-4-10-23-20(18)26-27/h3-7,10-11H,8-9,12H2,1-2H3,(H,24,28). The number of rotatable bonds is 5. The number of pyridine rings is 1. The molecule has 4 aromatic rings. The molecule has 0 fully saturated rings. The van der Waals surface area contributed by atoms with Gasteiger partial charge in [0, 0.05) is 30.6 Å². The van der Waals surface area contributed by atoms with Crippen LogP contribution in [0.3, 0.4) is 0 Å². The zero-order chi connectivity index (χ0) is 19.7. The van der Waals surface area contributed by atoms with E-state index in [1.165, 1.54) is 12.1 Å². The molecule has 0 radical (unpaired) electrons. The summed E-state index contributed by atoms with van der Waals surface area (Å²) in [6, 6.07) is 10.0. The summed E-state index contributed by atoms with van der Waals surface area (Å²) in [7, 11) is 0. The number of halogens is 1. The molecule has 6 nitrogen and oxygen atoms in total. The molecular weight excluding hydrogens is 357 g/mol. The number of carbonyl (C=O) groups is 1. The van der Waals surface area contributed by atoms with Gasteiger partial charge >= 0.3 is 0 Å². The minimum absolute atomic E-state index is 0.0875. The Kier molecular flexibility index (Phi) is 4.73. The lowest BCUT2D eigenvalue weighted by Crippen LogP contribution is -2.23. The number of amides is 1. The van der Waals surface area contributed by atoms with Gasteiger partial charge in [-0.2, -0.15) is 0 Å². The highest BCUT2D eigenvalue weighted by Crippen LogP contribution is 2.21. The van der Waals surface area contributed by atoms with Gasteiger partial charge in [-0.3, -0.25) is 4.79 Å². The van der Waals surface area contributed by atoms with E-state index in [4.69, 9.17) is 4.98 Å². The Morgan fingerprint density at radius 2 is 2.07 bits per heavy atom. The van der Waals surface area contributed by atoms with Crippen LogP contribution in [0.4, 0.5) is 4.39 Å². The third kappa shape index (κ3) is 3.43. The molecule has 0 aliphatic heterocycles. The van der Waals surface area contributed by atoms with Crippen LogP contribution in [0.25, 0.3) is 16.7 Å². The third-order valence-corrected chi connectivity index (χ3v) is 4.87. The molecule has 4 rings (SSSR count). The van der Waals surface area contributed by atoms with Crippen molar-refractivity contribution in [2.45, 2.75) is 33.2 Å². The lowest BCUT2D eigenvalue weighted by Gasteiger charge is -2.11. The maximum Gasteiger partial charge on any atom is 0.220 e. The molecule has 142 valence electrons. The zero-order valence-electron chi connectivity index (χ0n) is 15.7. The molecule has 28 heavy (non-hydrogen) atoms. The number of aryl methyl sites for hydroxylation is 2. The van der Waals surface area contributed by atoms with E-state index in [0.717, 1.165) is 33.5 Å². The zero-order valence-corrected chi connectivity index (χ0v) is 15.7. The quantitative estimate of drug-likeness (QED) is 0.579. The Balaban J connectivity index is 1.50. The second-order valence-electron chi connectivity index (χ2n) is 6.78. The van der Waals surface area contributed by atoms with Crippen molar-refractivity contribution in [2.24, 2.45) is 0 Å². The summed E-state index contributed by atoms with van der Waals surface area (Å²) in [6.45, 7) is 4.23. The highest BCUT2D eigenvalue weighted by atomic mass is 19.1. The minimum atomic E-state index is -0.307. The smallest absolute Gasteiger partial charge is 0.220 e. The van der Waals surface area contributed by atoms with Crippen LogP contribution in [0.1, 0.15) is 28.9 Å². The molecule has 1 N–H and O–H groups in total. The van der Waals surface area contributed by atoms with E-state index in [9.17, 15) is 9.18 Å². The highest BCUT2D eigenvalue weighted by Gasteiger charge is 2.15. The number of aromatic nitrogens is 4. The largest absolute Gasteiger partial charge is 0.352 e. The van der Waals surface area contributed by atoms with Crippen molar-refractivity contribution < 1.29 is 9.18 Å². The van der Waals surface area contributed by atoms with Gasteiger partial charge in [-0.05, 0) is 55.7 Å². The van der Waals surface area contributed by atoms with E-state index < -0.39 is 0 Å². The highest BCUT2D eigenvalue weighted by molar-refractivity contribution is 5.89. The van der Waals surface area contributed by atoms with E-state index in [1.54, 1.807) is 22.8 Å². The molecule has 0 bridgehead atoms. The lowest BCUT2D eigenvalue weighted by molar-refractivity contribution is -0.121. The van der Waals surface area contributed by atoms with Crippen LogP contribution in [-0.4, -0.2) is 25.5 Å². The summed E-state index contributed by atoms with van der Waals surface area (Å²) in [6.07, 6.45) is 2.59. The van der Waals surface area contributed by atoms with Crippen LogP contribution in [-0.2, 0) is 17.8 Å². The molecule has 0 saturated heterocycles. The van der Waals surface area contributed by atoms with Crippen LogP contribution in [0.15, 0.2) is 42.6 Å². The van der Waals surface area contributed by atoms with Gasteiger partial charge < -0.3 is 5.32 Å². The van der Waals surface area contributed by atoms with E-state index in [-0.39, 0.29) is 11.7 Å². The summed E-state index contributed by atoms with van der Waals surface area (Å²) in [4.78, 5) is 21.2. The molecule has 1 aromatic carbocycles. The lowest BCUT2D eigenvalue weighted by atomic mass is 10.1. The molecule has 7 heteroatoms. The maximum absolute atomic E-state index is 13.2. The monoisotopic (exact) mass is 377 g/mol. The van der Waals surface area contributed by atoms with Gasteiger partial charge in [0.25, 0.3) is 0 Å². The Bertz CT molecular complexity index is 1180. The number of nitrogens with zero attached hydrogens (tertiary/aromatic N) is 4. The van der Waals surface area contributed by atoms with Gasteiger partial charge in [0.1, 0.15) is 5.82 Å². The Hall–Kier alpha value is -3.35. The van der Waals surface area contributed by atoms with Crippen LogP contribution >= 0.6 is 0 Å². The maximum atomic E-state index is 13.2. The predicted molar refractivity (Wildman–Crippen MR) is 104 cm³/mol. The number of hydrogen-bond acceptors (Lipinski definition) is 4. The van der Waals surface area contributed by atoms with Crippen LogP contribution in [0.5, 0.6) is 0 Å². The molecule has 0 unspecified atom stereocenters. The molecule has 1 amide bonds. The van der Waals surface area contributed by atoms with Crippen LogP contribution < -0.4 is 5.32 Å². The second-order valence-corrected chi connectivity index (χ2v) is 6.78. The van der Waals surface area contributed by atoms with Crippen molar-refractivity contribution in [1.29, 1.82) is 0 Å². The molecule has 0 aliphatic carbocycles. The van der Waals surface area contributed by atoms with Gasteiger partial charge in [-0.25, -0.2) is 18.9 Å². The fraction of sp³-hybridized carbons (Fsp3) is 0.238. The first kappa shape index (κ1) is 18.0. The molecule has 0 atom stereocenters. The number of hydrogen-bond donors (Lipinski definition) is 1. The molecule has 3 aromatic heterocycles. The fourth-order valence-corrected chi connectivity index (χ4v) is 3.40. The van der Waals surface area contributed by atoms with Gasteiger partial charge in [0.05, 0.1) is 5.39 Å². The van der Waals surface area contributed by atoms with E-state index in [0.29, 0.717) is 25.0 Å². The average molecular weight is 377 g/mol. The van der Waals surface area contributed by atoms with Crippen molar-refractivity contribution in [3.8, 4) is 0 Å². The molecule has 0 aliphatic rings. The first-order chi connectivity index (χ1) is 13.5. The van der Waals surface area contributed by atoms with E-state index in [1.807, 2.05) is 26.0 Å². The Morgan fingerprint density at radius 3 is 2.89 bits per heavy atom. The van der Waals surface area contributed by atoms with Gasteiger partial charge in [0.15, 0.2) is 11.3 Å². The summed E-state index contributed by atoms with van der Waals surface area (Å²) >= 11 is 0. The summed E-state index contributed by atoms with van der Waals surface area (Å²) in [5, 5.41) is 8.28. The van der Waals surface area contributed by atoms with Gasteiger partial charge in [-0.1, -0.05) is 12.1 Å². The first-order valence-electron chi connectivity index (χ1n) is 9.13. The van der Waals surface area contributed by atoms with Crippen molar-refractivity contribution in [3.05, 3.63) is 70.9 Å². The van der Waals surface area contributed by atoms with E-state index >= 15 is 0 Å². The van der Waals surface area contributed by atoms with Gasteiger partial charge in [0.2, 0.25) is 5.91 Å². The summed E-state index contributed by atoms with van der Waals surface area (Å²) in [5.41, 5.74) is 5.01. The molecule has 0 saturated carbocycles. The Morgan fingerprint density at radius 1 is 1.21 bits per heavy atom. The topological polar surface area (TPSA) is 72.2 Å². The van der Waals surface area contributed by atoms with Crippen LogP contribution in [0, 0.1) is 19.7 Å². The van der Waals surface area contributed by atoms with Crippen molar-refractivity contribution in [1.82, 2.24) is 24.9 Å². The fourth-order valence-electron chi connectivity index (χ4n) is 3.40. The Labute approximate surface area is 161 Å². The average Bonchev–Trinajstić information content (AvgIpc) is 3.05. The normalized spacial score (nSPS) is 11.2. The second kappa shape index (κ2) is 7.34. The minimum Gasteiger partial charge on any atom is -0.352 e. The third-order valence-electron chi connectivity index (χ3n) is 4.87. The predicted octanol–water partition coefficient (Wildman–Crippen LogP) is 3.28. The molecule has 3 heterocycles. The van der Waals surface area contributed by atoms with Gasteiger partial charge in [-0.15, -0.1) is 5.10 Å². The number of fused-ring (bicyclic) bond motifs is 3. The van der Waals surface area contributed by atoms with E-state index in [2.05, 4.69) is 15.4 Å². The summed E-state index contributed by atoms with van der Waals surface area (Å²) < 4.78 is 15.0. The van der Waals surface area contributed by atoms with Crippen LogP contribution in [0.2, 0.25) is 0 Å². The number of nitrogens with one attached hydrogen (secondary N) is 1. The van der Waals surface area contributed by atoms with Crippen molar-refractivity contribution >= 4 is 22.6 Å². The van der Waals surface area contributed by atoms with Crippen molar-refractivity contribution in [3.63, 3.8) is 0 Å². The first-order valence-corrected chi connectivity index (χ1v) is 9.13. The number of benzene rings is 1. The molecular formula is C21H20FN5O. The van der Waals surface area contributed by atoms with Crippen molar-refractivity contribution in [2.75, 3.05) is 0 Å².